The number of hydrogen-bond acceptors (Lipinski definition) is 4. The number of carbonyl (C=O) groups excluding carboxylic acids is 1. The topological polar surface area (TPSA) is 32.8 Å². The summed E-state index contributed by atoms with van der Waals surface area (Å²) in [5.74, 6) is 0.326. The summed E-state index contributed by atoms with van der Waals surface area (Å²) in [7, 11) is 0. The van der Waals surface area contributed by atoms with Gasteiger partial charge in [-0.2, -0.15) is 0 Å². The fraction of sp³-hybridized carbons (Fsp3) is 0.353. The van der Waals surface area contributed by atoms with Crippen LogP contribution in [-0.2, 0) is 11.3 Å². The molecule has 128 valence electrons. The molecule has 0 atom stereocenters. The van der Waals surface area contributed by atoms with Gasteiger partial charge in [0.25, 0.3) is 5.91 Å². The number of hydrogen-bond donors (Lipinski definition) is 0. The average molecular weight is 385 g/mol. The third-order valence-electron chi connectivity index (χ3n) is 3.94. The molecule has 0 unspecified atom stereocenters. The van der Waals surface area contributed by atoms with Crippen LogP contribution in [0.2, 0.25) is 10.0 Å². The van der Waals surface area contributed by atoms with Crippen LogP contribution in [0.25, 0.3) is 0 Å². The summed E-state index contributed by atoms with van der Waals surface area (Å²) >= 11 is 13.9. The molecule has 1 aliphatic heterocycles. The summed E-state index contributed by atoms with van der Waals surface area (Å²) in [4.78, 5) is 17.9. The van der Waals surface area contributed by atoms with Crippen LogP contribution in [0.3, 0.4) is 0 Å². The number of thiophene rings is 1. The highest BCUT2D eigenvalue weighted by atomic mass is 35.5. The number of halogens is 2. The lowest BCUT2D eigenvalue weighted by Crippen LogP contribution is -2.49. The Hall–Kier alpha value is -1.27. The molecular formula is C17H18Cl2N2O2S. The van der Waals surface area contributed by atoms with E-state index in [4.69, 9.17) is 27.9 Å². The molecule has 2 heterocycles. The van der Waals surface area contributed by atoms with Gasteiger partial charge in [-0.15, -0.1) is 11.3 Å². The normalized spacial score (nSPS) is 15.5. The van der Waals surface area contributed by atoms with E-state index >= 15 is 0 Å². The van der Waals surface area contributed by atoms with Gasteiger partial charge in [-0.05, 0) is 23.6 Å². The summed E-state index contributed by atoms with van der Waals surface area (Å²) in [5, 5.41) is 2.92. The Bertz CT molecular complexity index is 666. The number of amides is 1. The van der Waals surface area contributed by atoms with E-state index < -0.39 is 0 Å². The number of piperazine rings is 1. The predicted octanol–water partition coefficient (Wildman–Crippen LogP) is 3.78. The zero-order valence-corrected chi connectivity index (χ0v) is 15.4. The molecule has 1 fully saturated rings. The number of carbonyl (C=O) groups is 1. The van der Waals surface area contributed by atoms with Crippen LogP contribution in [-0.4, -0.2) is 48.5 Å². The average Bonchev–Trinajstić information content (AvgIpc) is 3.08. The lowest BCUT2D eigenvalue weighted by Gasteiger charge is -2.34. The number of para-hydroxylation sites is 1. The van der Waals surface area contributed by atoms with Crippen LogP contribution in [0.5, 0.6) is 5.75 Å². The van der Waals surface area contributed by atoms with E-state index in [1.54, 1.807) is 29.5 Å². The highest BCUT2D eigenvalue weighted by molar-refractivity contribution is 7.09. The van der Waals surface area contributed by atoms with Gasteiger partial charge < -0.3 is 9.64 Å². The second kappa shape index (κ2) is 8.21. The Morgan fingerprint density at radius 1 is 1.08 bits per heavy atom. The van der Waals surface area contributed by atoms with Crippen molar-refractivity contribution in [1.82, 2.24) is 9.80 Å². The summed E-state index contributed by atoms with van der Waals surface area (Å²) < 4.78 is 5.53. The van der Waals surface area contributed by atoms with Gasteiger partial charge in [0, 0.05) is 37.6 Å². The fourth-order valence-electron chi connectivity index (χ4n) is 2.62. The van der Waals surface area contributed by atoms with Gasteiger partial charge in [-0.3, -0.25) is 9.69 Å². The molecule has 0 spiro atoms. The number of ether oxygens (including phenoxy) is 1. The van der Waals surface area contributed by atoms with E-state index in [1.807, 2.05) is 4.90 Å². The summed E-state index contributed by atoms with van der Waals surface area (Å²) in [5.41, 5.74) is 0. The van der Waals surface area contributed by atoms with E-state index in [0.29, 0.717) is 28.9 Å². The molecule has 1 amide bonds. The molecule has 1 aromatic heterocycles. The van der Waals surface area contributed by atoms with Crippen LogP contribution >= 0.6 is 34.5 Å². The molecule has 3 rings (SSSR count). The highest BCUT2D eigenvalue weighted by Crippen LogP contribution is 2.32. The van der Waals surface area contributed by atoms with Crippen molar-refractivity contribution < 1.29 is 9.53 Å². The fourth-order valence-corrected chi connectivity index (χ4v) is 3.88. The van der Waals surface area contributed by atoms with Crippen LogP contribution in [0.4, 0.5) is 0 Å². The highest BCUT2D eigenvalue weighted by Gasteiger charge is 2.22. The molecule has 24 heavy (non-hydrogen) atoms. The Balaban J connectivity index is 1.47. The van der Waals surface area contributed by atoms with E-state index in [9.17, 15) is 4.79 Å². The third kappa shape index (κ3) is 4.42. The number of rotatable bonds is 5. The maximum Gasteiger partial charge on any atom is 0.260 e. The predicted molar refractivity (Wildman–Crippen MR) is 98.1 cm³/mol. The van der Waals surface area contributed by atoms with Gasteiger partial charge in [-0.25, -0.2) is 0 Å². The molecule has 7 heteroatoms. The zero-order chi connectivity index (χ0) is 16.9. The summed E-state index contributed by atoms with van der Waals surface area (Å²) in [6.07, 6.45) is 0. The van der Waals surface area contributed by atoms with Crippen molar-refractivity contribution in [1.29, 1.82) is 0 Å². The van der Waals surface area contributed by atoms with Gasteiger partial charge in [0.15, 0.2) is 12.4 Å². The lowest BCUT2D eigenvalue weighted by atomic mass is 10.3. The standard InChI is InChI=1S/C17H18Cl2N2O2S/c18-14-4-1-5-15(19)17(14)23-12-16(22)21-8-6-20(7-9-21)11-13-3-2-10-24-13/h1-5,10H,6-9,11-12H2. The van der Waals surface area contributed by atoms with Gasteiger partial charge in [0.2, 0.25) is 0 Å². The molecule has 0 N–H and O–H groups in total. The SMILES string of the molecule is O=C(COc1c(Cl)cccc1Cl)N1CCN(Cc2cccs2)CC1. The van der Waals surface area contributed by atoms with Crippen molar-refractivity contribution in [3.63, 3.8) is 0 Å². The van der Waals surface area contributed by atoms with Crippen molar-refractivity contribution >= 4 is 40.4 Å². The van der Waals surface area contributed by atoms with Crippen molar-refractivity contribution in [3.8, 4) is 5.75 Å². The third-order valence-corrected chi connectivity index (χ3v) is 5.40. The molecule has 0 radical (unpaired) electrons. The van der Waals surface area contributed by atoms with E-state index in [2.05, 4.69) is 22.4 Å². The van der Waals surface area contributed by atoms with Crippen LogP contribution in [0.15, 0.2) is 35.7 Å². The first-order chi connectivity index (χ1) is 11.6. The van der Waals surface area contributed by atoms with Crippen molar-refractivity contribution in [2.75, 3.05) is 32.8 Å². The Morgan fingerprint density at radius 2 is 1.79 bits per heavy atom. The molecule has 1 aliphatic rings. The van der Waals surface area contributed by atoms with Gasteiger partial charge in [0.1, 0.15) is 0 Å². The maximum atomic E-state index is 12.3. The summed E-state index contributed by atoms with van der Waals surface area (Å²) in [6, 6.07) is 9.33. The number of nitrogens with zero attached hydrogens (tertiary/aromatic N) is 2. The molecule has 2 aromatic rings. The largest absolute Gasteiger partial charge is 0.481 e. The Morgan fingerprint density at radius 3 is 2.42 bits per heavy atom. The minimum atomic E-state index is -0.0472. The smallest absolute Gasteiger partial charge is 0.260 e. The molecule has 1 aromatic carbocycles. The second-order valence-corrected chi connectivity index (χ2v) is 7.42. The minimum Gasteiger partial charge on any atom is -0.481 e. The van der Waals surface area contributed by atoms with Gasteiger partial charge in [0.05, 0.1) is 10.0 Å². The Kier molecular flexibility index (Phi) is 6.00. The monoisotopic (exact) mass is 384 g/mol. The zero-order valence-electron chi connectivity index (χ0n) is 13.1. The number of benzene rings is 1. The summed E-state index contributed by atoms with van der Waals surface area (Å²) in [6.45, 7) is 4.07. The molecule has 4 nitrogen and oxygen atoms in total. The van der Waals surface area contributed by atoms with E-state index in [0.717, 1.165) is 19.6 Å². The first-order valence-corrected chi connectivity index (χ1v) is 9.36. The van der Waals surface area contributed by atoms with Crippen LogP contribution in [0.1, 0.15) is 4.88 Å². The molecule has 0 bridgehead atoms. The quantitative estimate of drug-likeness (QED) is 0.786. The van der Waals surface area contributed by atoms with Crippen LogP contribution in [0, 0.1) is 0 Å². The van der Waals surface area contributed by atoms with E-state index in [-0.39, 0.29) is 12.5 Å². The van der Waals surface area contributed by atoms with Gasteiger partial charge >= 0.3 is 0 Å². The molecule has 0 aliphatic carbocycles. The van der Waals surface area contributed by atoms with Crippen molar-refractivity contribution in [2.45, 2.75) is 6.54 Å². The van der Waals surface area contributed by atoms with E-state index in [1.165, 1.54) is 4.88 Å². The van der Waals surface area contributed by atoms with Gasteiger partial charge in [-0.1, -0.05) is 35.3 Å². The van der Waals surface area contributed by atoms with Crippen molar-refractivity contribution in [2.24, 2.45) is 0 Å². The Labute approximate surface area is 155 Å². The minimum absolute atomic E-state index is 0.0400. The maximum absolute atomic E-state index is 12.3. The molecule has 1 saturated heterocycles. The van der Waals surface area contributed by atoms with Crippen LogP contribution < -0.4 is 4.74 Å². The second-order valence-electron chi connectivity index (χ2n) is 5.58. The lowest BCUT2D eigenvalue weighted by molar-refractivity contribution is -0.135. The van der Waals surface area contributed by atoms with Crippen molar-refractivity contribution in [3.05, 3.63) is 50.6 Å². The molecular weight excluding hydrogens is 367 g/mol. The molecule has 0 saturated carbocycles. The first-order valence-electron chi connectivity index (χ1n) is 7.73. The first kappa shape index (κ1) is 17.5.